The van der Waals surface area contributed by atoms with Crippen LogP contribution in [0, 0.1) is 0 Å². The summed E-state index contributed by atoms with van der Waals surface area (Å²) >= 11 is 1.42. The standard InChI is InChI=1S/C14H18N4OS/c1-9(2)19-13-11(4-3-7-15-13)8-16-14-17-12(18-20-14)10-5-6-10/h3-4,7,9-10H,5-6,8H2,1-2H3,(H,16,17,18). The number of rotatable bonds is 6. The summed E-state index contributed by atoms with van der Waals surface area (Å²) in [6.07, 6.45) is 4.32. The highest BCUT2D eigenvalue weighted by atomic mass is 32.1. The van der Waals surface area contributed by atoms with E-state index in [4.69, 9.17) is 4.74 Å². The molecule has 0 spiro atoms. The molecule has 1 saturated carbocycles. The maximum Gasteiger partial charge on any atom is 0.218 e. The highest BCUT2D eigenvalue weighted by molar-refractivity contribution is 7.09. The Balaban J connectivity index is 1.64. The molecule has 3 rings (SSSR count). The molecule has 0 unspecified atom stereocenters. The first-order chi connectivity index (χ1) is 9.72. The molecule has 2 aromatic rings. The van der Waals surface area contributed by atoms with Crippen molar-refractivity contribution in [2.75, 3.05) is 5.32 Å². The van der Waals surface area contributed by atoms with Gasteiger partial charge in [-0.2, -0.15) is 4.37 Å². The maximum absolute atomic E-state index is 5.70. The molecule has 0 aliphatic heterocycles. The van der Waals surface area contributed by atoms with Crippen LogP contribution < -0.4 is 10.1 Å². The number of pyridine rings is 1. The lowest BCUT2D eigenvalue weighted by Crippen LogP contribution is -2.10. The van der Waals surface area contributed by atoms with Gasteiger partial charge < -0.3 is 10.1 Å². The van der Waals surface area contributed by atoms with Crippen LogP contribution in [0.4, 0.5) is 5.13 Å². The minimum atomic E-state index is 0.117. The van der Waals surface area contributed by atoms with Crippen LogP contribution in [-0.4, -0.2) is 20.4 Å². The molecule has 20 heavy (non-hydrogen) atoms. The molecule has 1 N–H and O–H groups in total. The van der Waals surface area contributed by atoms with E-state index in [0.717, 1.165) is 16.5 Å². The SMILES string of the molecule is CC(C)Oc1ncccc1CNc1nc(C2CC2)ns1. The van der Waals surface area contributed by atoms with Gasteiger partial charge in [0, 0.05) is 35.8 Å². The van der Waals surface area contributed by atoms with Crippen LogP contribution in [0.25, 0.3) is 0 Å². The van der Waals surface area contributed by atoms with Crippen LogP contribution >= 0.6 is 11.5 Å². The predicted octanol–water partition coefficient (Wildman–Crippen LogP) is 3.21. The van der Waals surface area contributed by atoms with Crippen LogP contribution in [0.1, 0.15) is 44.0 Å². The zero-order chi connectivity index (χ0) is 13.9. The monoisotopic (exact) mass is 290 g/mol. The van der Waals surface area contributed by atoms with E-state index in [9.17, 15) is 0 Å². The molecule has 0 amide bonds. The molecule has 0 aromatic carbocycles. The number of aromatic nitrogens is 3. The van der Waals surface area contributed by atoms with E-state index in [1.807, 2.05) is 26.0 Å². The van der Waals surface area contributed by atoms with Gasteiger partial charge in [-0.3, -0.25) is 0 Å². The Labute approximate surface area is 122 Å². The van der Waals surface area contributed by atoms with E-state index >= 15 is 0 Å². The topological polar surface area (TPSA) is 59.9 Å². The normalized spacial score (nSPS) is 14.6. The summed E-state index contributed by atoms with van der Waals surface area (Å²) in [7, 11) is 0. The molecule has 6 heteroatoms. The number of ether oxygens (including phenoxy) is 1. The van der Waals surface area contributed by atoms with E-state index in [0.29, 0.717) is 18.3 Å². The molecule has 0 bridgehead atoms. The van der Waals surface area contributed by atoms with Gasteiger partial charge in [0.1, 0.15) is 5.82 Å². The van der Waals surface area contributed by atoms with Gasteiger partial charge in [-0.15, -0.1) is 0 Å². The van der Waals surface area contributed by atoms with Crippen molar-refractivity contribution in [3.8, 4) is 5.88 Å². The van der Waals surface area contributed by atoms with E-state index in [1.165, 1.54) is 24.4 Å². The van der Waals surface area contributed by atoms with Gasteiger partial charge in [-0.1, -0.05) is 6.07 Å². The smallest absolute Gasteiger partial charge is 0.218 e. The lowest BCUT2D eigenvalue weighted by atomic mass is 10.2. The Morgan fingerprint density at radius 3 is 3.05 bits per heavy atom. The summed E-state index contributed by atoms with van der Waals surface area (Å²) in [5.74, 6) is 2.27. The Hall–Kier alpha value is -1.69. The fourth-order valence-electron chi connectivity index (χ4n) is 1.87. The third kappa shape index (κ3) is 3.25. The van der Waals surface area contributed by atoms with Crippen LogP contribution in [-0.2, 0) is 6.54 Å². The summed E-state index contributed by atoms with van der Waals surface area (Å²) in [5, 5.41) is 4.17. The van der Waals surface area contributed by atoms with Gasteiger partial charge in [-0.05, 0) is 32.8 Å². The van der Waals surface area contributed by atoms with Crippen molar-refractivity contribution in [1.29, 1.82) is 0 Å². The van der Waals surface area contributed by atoms with Gasteiger partial charge in [0.15, 0.2) is 0 Å². The third-order valence-corrected chi connectivity index (χ3v) is 3.70. The highest BCUT2D eigenvalue weighted by Gasteiger charge is 2.27. The number of hydrogen-bond acceptors (Lipinski definition) is 6. The lowest BCUT2D eigenvalue weighted by Gasteiger charge is -2.12. The van der Waals surface area contributed by atoms with Crippen LogP contribution in [0.3, 0.4) is 0 Å². The van der Waals surface area contributed by atoms with E-state index in [1.54, 1.807) is 6.20 Å². The Morgan fingerprint density at radius 1 is 1.45 bits per heavy atom. The molecule has 2 aromatic heterocycles. The van der Waals surface area contributed by atoms with Gasteiger partial charge >= 0.3 is 0 Å². The average Bonchev–Trinajstić information content (AvgIpc) is 3.17. The summed E-state index contributed by atoms with van der Waals surface area (Å²) in [4.78, 5) is 8.79. The van der Waals surface area contributed by atoms with Crippen molar-refractivity contribution >= 4 is 16.7 Å². The minimum absolute atomic E-state index is 0.117. The first-order valence-electron chi connectivity index (χ1n) is 6.90. The van der Waals surface area contributed by atoms with Gasteiger partial charge in [0.05, 0.1) is 6.10 Å². The van der Waals surface area contributed by atoms with Crippen molar-refractivity contribution in [3.63, 3.8) is 0 Å². The van der Waals surface area contributed by atoms with Gasteiger partial charge in [-0.25, -0.2) is 9.97 Å². The fourth-order valence-corrected chi connectivity index (χ4v) is 2.51. The first kappa shape index (κ1) is 13.3. The molecule has 1 aliphatic rings. The van der Waals surface area contributed by atoms with Crippen LogP contribution in [0.15, 0.2) is 18.3 Å². The van der Waals surface area contributed by atoms with Crippen molar-refractivity contribution < 1.29 is 4.74 Å². The first-order valence-corrected chi connectivity index (χ1v) is 7.67. The Morgan fingerprint density at radius 2 is 2.30 bits per heavy atom. The third-order valence-electron chi connectivity index (χ3n) is 3.01. The number of hydrogen-bond donors (Lipinski definition) is 1. The zero-order valence-corrected chi connectivity index (χ0v) is 12.5. The van der Waals surface area contributed by atoms with E-state index in [-0.39, 0.29) is 6.10 Å². The molecule has 0 saturated heterocycles. The largest absolute Gasteiger partial charge is 0.475 e. The van der Waals surface area contributed by atoms with Crippen molar-refractivity contribution in [2.45, 2.75) is 45.3 Å². The predicted molar refractivity (Wildman–Crippen MR) is 79.2 cm³/mol. The van der Waals surface area contributed by atoms with E-state index < -0.39 is 0 Å². The quantitative estimate of drug-likeness (QED) is 0.885. The second-order valence-electron chi connectivity index (χ2n) is 5.22. The second-order valence-corrected chi connectivity index (χ2v) is 5.97. The number of nitrogens with one attached hydrogen (secondary N) is 1. The Bertz CT molecular complexity index is 580. The molecule has 0 radical (unpaired) electrons. The minimum Gasteiger partial charge on any atom is -0.475 e. The fraction of sp³-hybridized carbons (Fsp3) is 0.500. The zero-order valence-electron chi connectivity index (χ0n) is 11.7. The van der Waals surface area contributed by atoms with Crippen molar-refractivity contribution in [2.24, 2.45) is 0 Å². The Kier molecular flexibility index (Phi) is 3.82. The molecule has 1 fully saturated rings. The van der Waals surface area contributed by atoms with Crippen molar-refractivity contribution in [1.82, 2.24) is 14.3 Å². The second kappa shape index (κ2) is 5.75. The molecule has 0 atom stereocenters. The lowest BCUT2D eigenvalue weighted by molar-refractivity contribution is 0.230. The molecular weight excluding hydrogens is 272 g/mol. The molecule has 1 aliphatic carbocycles. The summed E-state index contributed by atoms with van der Waals surface area (Å²) in [5.41, 5.74) is 1.03. The van der Waals surface area contributed by atoms with Crippen LogP contribution in [0.2, 0.25) is 0 Å². The summed E-state index contributed by atoms with van der Waals surface area (Å²) < 4.78 is 10.1. The number of anilines is 1. The molecule has 5 nitrogen and oxygen atoms in total. The summed E-state index contributed by atoms with van der Waals surface area (Å²) in [6, 6.07) is 3.93. The van der Waals surface area contributed by atoms with Gasteiger partial charge in [0.2, 0.25) is 11.0 Å². The average molecular weight is 290 g/mol. The molecular formula is C14H18N4OS. The van der Waals surface area contributed by atoms with Crippen LogP contribution in [0.5, 0.6) is 5.88 Å². The van der Waals surface area contributed by atoms with Crippen molar-refractivity contribution in [3.05, 3.63) is 29.7 Å². The number of nitrogens with zero attached hydrogens (tertiary/aromatic N) is 3. The summed E-state index contributed by atoms with van der Waals surface area (Å²) in [6.45, 7) is 4.65. The highest BCUT2D eigenvalue weighted by Crippen LogP contribution is 2.39. The van der Waals surface area contributed by atoms with E-state index in [2.05, 4.69) is 19.7 Å². The maximum atomic E-state index is 5.70. The van der Waals surface area contributed by atoms with Gasteiger partial charge in [0.25, 0.3) is 0 Å². The molecule has 2 heterocycles. The molecule has 106 valence electrons.